The number of ketones is 1. The van der Waals surface area contributed by atoms with Gasteiger partial charge in [0.2, 0.25) is 0 Å². The van der Waals surface area contributed by atoms with Crippen molar-refractivity contribution in [3.05, 3.63) is 0 Å². The summed E-state index contributed by atoms with van der Waals surface area (Å²) in [7, 11) is 0. The fourth-order valence-corrected chi connectivity index (χ4v) is 7.90. The minimum Gasteiger partial charge on any atom is -0.390 e. The highest BCUT2D eigenvalue weighted by Crippen LogP contribution is 2.50. The Morgan fingerprint density at radius 1 is 0.842 bits per heavy atom. The standard InChI is InChI=1S/C29H46O9/c1-14-9-19-21(34-23-13-32-24(11-15(2)30)35-20(23)10-14)12-22-26(36-19)17(4)25(31)28-27(37-22)16(3)18(5)29(38-28)7-6-8-33-29/h14,16-28,31H,6-13H2,1-5H3/t14-,16+,17+,18+,19+,20?,21-,22+,23+,24?,25+,26-,27-,28+,29?/m1/s1. The van der Waals surface area contributed by atoms with Crippen molar-refractivity contribution < 1.29 is 43.1 Å². The lowest BCUT2D eigenvalue weighted by molar-refractivity contribution is -0.339. The largest absolute Gasteiger partial charge is 0.390 e. The molecule has 9 heteroatoms. The third-order valence-electron chi connectivity index (χ3n) is 10.2. The molecule has 6 saturated heterocycles. The summed E-state index contributed by atoms with van der Waals surface area (Å²) in [4.78, 5) is 11.6. The summed E-state index contributed by atoms with van der Waals surface area (Å²) < 4.78 is 45.1. The highest BCUT2D eigenvalue weighted by Gasteiger charge is 2.60. The van der Waals surface area contributed by atoms with Crippen molar-refractivity contribution in [2.24, 2.45) is 23.7 Å². The van der Waals surface area contributed by atoms with Gasteiger partial charge in [-0.1, -0.05) is 27.7 Å². The molecule has 6 heterocycles. The topological polar surface area (TPSA) is 102 Å². The van der Waals surface area contributed by atoms with Crippen LogP contribution in [0.3, 0.4) is 0 Å². The van der Waals surface area contributed by atoms with Gasteiger partial charge in [0.1, 0.15) is 18.0 Å². The quantitative estimate of drug-likeness (QED) is 0.568. The van der Waals surface area contributed by atoms with Gasteiger partial charge in [0, 0.05) is 24.7 Å². The van der Waals surface area contributed by atoms with Crippen molar-refractivity contribution in [2.45, 2.75) is 140 Å². The lowest BCUT2D eigenvalue weighted by atomic mass is 9.76. The SMILES string of the molecule is CC(=O)CC1OC[C@@H]2O[C@@H]3C[C@@H]4O[C@@H]5[C@@H](C)[C@H](C)C6(CCCO6)O[C@H]5[C@@H](O)[C@H](C)[C@H]4O[C@H]3C[C@@H](C)CC2O1. The second kappa shape index (κ2) is 10.6. The number of fused-ring (bicyclic) bond motifs is 4. The Balaban J connectivity index is 1.21. The lowest BCUT2D eigenvalue weighted by Gasteiger charge is -2.51. The maximum absolute atomic E-state index is 11.6. The molecule has 0 saturated carbocycles. The summed E-state index contributed by atoms with van der Waals surface area (Å²) in [5.74, 6) is -0.0743. The van der Waals surface area contributed by atoms with Gasteiger partial charge in [-0.3, -0.25) is 4.79 Å². The molecule has 6 aliphatic rings. The van der Waals surface area contributed by atoms with E-state index in [0.29, 0.717) is 25.6 Å². The van der Waals surface area contributed by atoms with E-state index in [-0.39, 0.29) is 72.7 Å². The molecule has 15 atom stereocenters. The zero-order valence-corrected chi connectivity index (χ0v) is 23.5. The number of rotatable bonds is 2. The number of carbonyl (C=O) groups excluding carboxylic acids is 1. The van der Waals surface area contributed by atoms with Crippen LogP contribution in [-0.2, 0) is 38.0 Å². The van der Waals surface area contributed by atoms with Gasteiger partial charge in [-0.05, 0) is 38.0 Å². The van der Waals surface area contributed by atoms with Gasteiger partial charge in [-0.15, -0.1) is 0 Å². The van der Waals surface area contributed by atoms with Crippen LogP contribution in [0.4, 0.5) is 0 Å². The predicted molar refractivity (Wildman–Crippen MR) is 135 cm³/mol. The van der Waals surface area contributed by atoms with Gasteiger partial charge >= 0.3 is 0 Å². The van der Waals surface area contributed by atoms with E-state index in [1.54, 1.807) is 6.92 Å². The van der Waals surface area contributed by atoms with Crippen LogP contribution in [0.1, 0.15) is 73.1 Å². The summed E-state index contributed by atoms with van der Waals surface area (Å²) in [6, 6.07) is 0. The van der Waals surface area contributed by atoms with Gasteiger partial charge in [0.15, 0.2) is 12.1 Å². The maximum atomic E-state index is 11.6. The summed E-state index contributed by atoms with van der Waals surface area (Å²) in [5.41, 5.74) is 0. The number of Topliss-reactive ketones (excluding diaryl/α,β-unsaturated/α-hetero) is 1. The minimum absolute atomic E-state index is 0.0563. The summed E-state index contributed by atoms with van der Waals surface area (Å²) in [6.07, 6.45) is 1.48. The smallest absolute Gasteiger partial charge is 0.171 e. The van der Waals surface area contributed by atoms with Gasteiger partial charge in [0.25, 0.3) is 0 Å². The van der Waals surface area contributed by atoms with E-state index in [2.05, 4.69) is 27.7 Å². The highest BCUT2D eigenvalue weighted by atomic mass is 16.7. The van der Waals surface area contributed by atoms with E-state index in [4.69, 9.17) is 33.2 Å². The first-order valence-corrected chi connectivity index (χ1v) is 14.9. The molecule has 38 heavy (non-hydrogen) atoms. The van der Waals surface area contributed by atoms with Crippen LogP contribution in [0.5, 0.6) is 0 Å². The normalized spacial score (nSPS) is 55.0. The molecular formula is C29H46O9. The van der Waals surface area contributed by atoms with E-state index >= 15 is 0 Å². The Labute approximate surface area is 226 Å². The van der Waals surface area contributed by atoms with Crippen LogP contribution in [0, 0.1) is 23.7 Å². The molecule has 6 rings (SSSR count). The van der Waals surface area contributed by atoms with Gasteiger partial charge < -0.3 is 38.3 Å². The molecule has 0 aliphatic carbocycles. The molecular weight excluding hydrogens is 492 g/mol. The number of hydrogen-bond acceptors (Lipinski definition) is 9. The third-order valence-corrected chi connectivity index (χ3v) is 10.2. The van der Waals surface area contributed by atoms with Crippen LogP contribution in [-0.4, -0.2) is 91.1 Å². The van der Waals surface area contributed by atoms with Gasteiger partial charge in [-0.25, -0.2) is 0 Å². The molecule has 216 valence electrons. The Morgan fingerprint density at radius 2 is 1.55 bits per heavy atom. The van der Waals surface area contributed by atoms with Gasteiger partial charge in [0.05, 0.1) is 62.4 Å². The first kappa shape index (κ1) is 27.5. The van der Waals surface area contributed by atoms with Crippen LogP contribution >= 0.6 is 0 Å². The fourth-order valence-electron chi connectivity index (χ4n) is 7.90. The molecule has 0 aromatic carbocycles. The van der Waals surface area contributed by atoms with Crippen molar-refractivity contribution in [3.63, 3.8) is 0 Å². The van der Waals surface area contributed by atoms with Crippen molar-refractivity contribution in [2.75, 3.05) is 13.2 Å². The average molecular weight is 539 g/mol. The fraction of sp³-hybridized carbons (Fsp3) is 0.966. The van der Waals surface area contributed by atoms with E-state index in [9.17, 15) is 9.90 Å². The van der Waals surface area contributed by atoms with Crippen molar-refractivity contribution >= 4 is 5.78 Å². The highest BCUT2D eigenvalue weighted by molar-refractivity contribution is 5.75. The zero-order chi connectivity index (χ0) is 26.8. The number of aliphatic hydroxyl groups excluding tert-OH is 1. The molecule has 0 bridgehead atoms. The first-order valence-electron chi connectivity index (χ1n) is 14.9. The minimum atomic E-state index is -0.711. The van der Waals surface area contributed by atoms with E-state index in [0.717, 1.165) is 25.7 Å². The second-order valence-corrected chi connectivity index (χ2v) is 13.0. The second-order valence-electron chi connectivity index (χ2n) is 13.0. The molecule has 1 N–H and O–H groups in total. The van der Waals surface area contributed by atoms with E-state index < -0.39 is 24.3 Å². The number of ether oxygens (including phenoxy) is 7. The summed E-state index contributed by atoms with van der Waals surface area (Å²) >= 11 is 0. The Kier molecular flexibility index (Phi) is 7.70. The number of carbonyl (C=O) groups is 1. The molecule has 3 unspecified atom stereocenters. The third kappa shape index (κ3) is 4.89. The molecule has 6 aliphatic heterocycles. The molecule has 0 aromatic heterocycles. The van der Waals surface area contributed by atoms with E-state index in [1.165, 1.54) is 0 Å². The van der Waals surface area contributed by atoms with Crippen LogP contribution in [0.2, 0.25) is 0 Å². The van der Waals surface area contributed by atoms with Crippen LogP contribution in [0.15, 0.2) is 0 Å². The molecule has 1 spiro atoms. The lowest BCUT2D eigenvalue weighted by Crippen LogP contribution is -2.60. The van der Waals surface area contributed by atoms with Crippen molar-refractivity contribution in [1.29, 1.82) is 0 Å². The summed E-state index contributed by atoms with van der Waals surface area (Å²) in [5, 5.41) is 11.6. The average Bonchev–Trinajstić information content (AvgIpc) is 3.31. The monoisotopic (exact) mass is 538 g/mol. The van der Waals surface area contributed by atoms with Crippen molar-refractivity contribution in [3.8, 4) is 0 Å². The molecule has 0 aromatic rings. The van der Waals surface area contributed by atoms with E-state index in [1.807, 2.05) is 0 Å². The van der Waals surface area contributed by atoms with Crippen LogP contribution in [0.25, 0.3) is 0 Å². The summed E-state index contributed by atoms with van der Waals surface area (Å²) in [6.45, 7) is 11.3. The maximum Gasteiger partial charge on any atom is 0.171 e. The van der Waals surface area contributed by atoms with Crippen molar-refractivity contribution in [1.82, 2.24) is 0 Å². The molecule has 0 radical (unpaired) electrons. The predicted octanol–water partition coefficient (Wildman–Crippen LogP) is 2.99. The number of aliphatic hydroxyl groups is 1. The Morgan fingerprint density at radius 3 is 2.26 bits per heavy atom. The Bertz CT molecular complexity index is 861. The zero-order valence-electron chi connectivity index (χ0n) is 23.5. The van der Waals surface area contributed by atoms with Crippen LogP contribution < -0.4 is 0 Å². The Hall–Kier alpha value is -0.650. The first-order chi connectivity index (χ1) is 18.1. The molecule has 9 nitrogen and oxygen atoms in total. The number of hydrogen-bond donors (Lipinski definition) is 1. The molecule has 6 fully saturated rings. The van der Waals surface area contributed by atoms with Gasteiger partial charge in [-0.2, -0.15) is 0 Å². The molecule has 0 amide bonds.